The number of carbonyl (C=O) groups excluding carboxylic acids is 1. The lowest BCUT2D eigenvalue weighted by Crippen LogP contribution is -2.43. The third-order valence-electron chi connectivity index (χ3n) is 6.31. The Morgan fingerprint density at radius 1 is 1.16 bits per heavy atom. The summed E-state index contributed by atoms with van der Waals surface area (Å²) in [4.78, 5) is 12.8. The number of piperidine rings is 1. The molecule has 2 aromatic rings. The Kier molecular flexibility index (Phi) is 7.63. The first kappa shape index (κ1) is 24.7. The van der Waals surface area contributed by atoms with E-state index in [1.165, 1.54) is 33.6 Å². The first-order chi connectivity index (χ1) is 15.0. The topological polar surface area (TPSA) is 66.5 Å². The van der Waals surface area contributed by atoms with Gasteiger partial charge >= 0.3 is 0 Å². The van der Waals surface area contributed by atoms with Crippen LogP contribution in [0.15, 0.2) is 30.3 Å². The molecule has 0 bridgehead atoms. The van der Waals surface area contributed by atoms with Crippen molar-refractivity contribution in [1.82, 2.24) is 9.62 Å². The molecule has 1 fully saturated rings. The summed E-state index contributed by atoms with van der Waals surface area (Å²) in [5, 5.41) is 3.18. The Bertz CT molecular complexity index is 1090. The summed E-state index contributed by atoms with van der Waals surface area (Å²) in [5.41, 5.74) is 4.60. The largest absolute Gasteiger partial charge is 0.349 e. The zero-order valence-corrected chi connectivity index (χ0v) is 20.5. The number of nitrogens with zero attached hydrogens (tertiary/aromatic N) is 1. The Labute approximate surface area is 195 Å². The number of sulfonamides is 1. The molecule has 1 atom stereocenters. The van der Waals surface area contributed by atoms with Gasteiger partial charge in [-0.05, 0) is 74.9 Å². The van der Waals surface area contributed by atoms with Gasteiger partial charge in [-0.2, -0.15) is 0 Å². The molecule has 174 valence electrons. The minimum absolute atomic E-state index is 0.0216. The molecule has 1 aliphatic heterocycles. The maximum atomic E-state index is 14.0. The fourth-order valence-corrected chi connectivity index (χ4v) is 6.12. The molecule has 1 unspecified atom stereocenters. The minimum Gasteiger partial charge on any atom is -0.349 e. The maximum absolute atomic E-state index is 14.0. The smallest absolute Gasteiger partial charge is 0.223 e. The SMILES string of the molecule is Cc1cc(C)c(C(C)NC(=O)C2CCN(S(=O)(=O)Cc3c(F)cccc3Cl)CC2)cc1C. The fraction of sp³-hybridized carbons (Fsp3) is 0.458. The molecule has 1 aliphatic rings. The Morgan fingerprint density at radius 2 is 1.78 bits per heavy atom. The van der Waals surface area contributed by atoms with Crippen molar-refractivity contribution in [3.8, 4) is 0 Å². The van der Waals surface area contributed by atoms with Crippen molar-refractivity contribution in [1.29, 1.82) is 0 Å². The van der Waals surface area contributed by atoms with E-state index < -0.39 is 21.6 Å². The molecule has 1 amide bonds. The van der Waals surface area contributed by atoms with Crippen LogP contribution in [0.2, 0.25) is 5.02 Å². The third-order valence-corrected chi connectivity index (χ3v) is 8.47. The summed E-state index contributed by atoms with van der Waals surface area (Å²) >= 11 is 5.99. The van der Waals surface area contributed by atoms with Crippen LogP contribution >= 0.6 is 11.6 Å². The van der Waals surface area contributed by atoms with Gasteiger partial charge in [0.1, 0.15) is 5.82 Å². The van der Waals surface area contributed by atoms with Crippen LogP contribution in [0, 0.1) is 32.5 Å². The van der Waals surface area contributed by atoms with Crippen LogP contribution in [0.4, 0.5) is 4.39 Å². The number of benzene rings is 2. The van der Waals surface area contributed by atoms with Crippen molar-refractivity contribution < 1.29 is 17.6 Å². The van der Waals surface area contributed by atoms with Gasteiger partial charge in [0, 0.05) is 29.6 Å². The number of halogens is 2. The fourth-order valence-electron chi connectivity index (χ4n) is 4.20. The number of rotatable bonds is 6. The summed E-state index contributed by atoms with van der Waals surface area (Å²) in [6, 6.07) is 8.22. The van der Waals surface area contributed by atoms with E-state index in [1.807, 2.05) is 13.8 Å². The molecule has 0 saturated carbocycles. The van der Waals surface area contributed by atoms with Crippen LogP contribution in [-0.2, 0) is 20.6 Å². The molecule has 1 N–H and O–H groups in total. The Morgan fingerprint density at radius 3 is 2.41 bits per heavy atom. The summed E-state index contributed by atoms with van der Waals surface area (Å²) in [7, 11) is -3.73. The average molecular weight is 481 g/mol. The molecular weight excluding hydrogens is 451 g/mol. The van der Waals surface area contributed by atoms with Gasteiger partial charge in [-0.3, -0.25) is 4.79 Å². The highest BCUT2D eigenvalue weighted by atomic mass is 35.5. The Balaban J connectivity index is 1.60. The van der Waals surface area contributed by atoms with Crippen molar-refractivity contribution in [2.75, 3.05) is 13.1 Å². The Hall–Kier alpha value is -1.96. The van der Waals surface area contributed by atoms with Crippen molar-refractivity contribution >= 4 is 27.5 Å². The van der Waals surface area contributed by atoms with Crippen LogP contribution in [0.5, 0.6) is 0 Å². The van der Waals surface area contributed by atoms with Gasteiger partial charge in [0.25, 0.3) is 0 Å². The zero-order valence-electron chi connectivity index (χ0n) is 18.9. The second-order valence-electron chi connectivity index (χ2n) is 8.65. The normalized spacial score (nSPS) is 16.7. The lowest BCUT2D eigenvalue weighted by molar-refractivity contribution is -0.126. The van der Waals surface area contributed by atoms with Gasteiger partial charge in [-0.25, -0.2) is 17.1 Å². The van der Waals surface area contributed by atoms with Gasteiger partial charge in [-0.15, -0.1) is 0 Å². The highest BCUT2D eigenvalue weighted by molar-refractivity contribution is 7.88. The van der Waals surface area contributed by atoms with Crippen LogP contribution in [-0.4, -0.2) is 31.7 Å². The summed E-state index contributed by atoms with van der Waals surface area (Å²) in [5.74, 6) is -1.44. The third kappa shape index (κ3) is 5.50. The van der Waals surface area contributed by atoms with Gasteiger partial charge < -0.3 is 5.32 Å². The molecule has 2 aromatic carbocycles. The van der Waals surface area contributed by atoms with E-state index in [9.17, 15) is 17.6 Å². The van der Waals surface area contributed by atoms with Crippen molar-refractivity contribution in [3.05, 3.63) is 69.0 Å². The lowest BCUT2D eigenvalue weighted by Gasteiger charge is -2.31. The highest BCUT2D eigenvalue weighted by Crippen LogP contribution is 2.27. The van der Waals surface area contributed by atoms with Crippen LogP contribution in [0.3, 0.4) is 0 Å². The minimum atomic E-state index is -3.73. The lowest BCUT2D eigenvalue weighted by atomic mass is 9.94. The molecular formula is C24H30ClFN2O3S. The second-order valence-corrected chi connectivity index (χ2v) is 11.0. The molecule has 0 radical (unpaired) electrons. The first-order valence-corrected chi connectivity index (χ1v) is 12.8. The molecule has 5 nitrogen and oxygen atoms in total. The first-order valence-electron chi connectivity index (χ1n) is 10.8. The molecule has 1 heterocycles. The van der Waals surface area contributed by atoms with E-state index in [-0.39, 0.29) is 41.5 Å². The number of hydrogen-bond acceptors (Lipinski definition) is 3. The van der Waals surface area contributed by atoms with E-state index in [4.69, 9.17) is 11.6 Å². The second kappa shape index (κ2) is 9.89. The van der Waals surface area contributed by atoms with Crippen LogP contribution in [0.1, 0.15) is 53.6 Å². The zero-order chi connectivity index (χ0) is 23.6. The van der Waals surface area contributed by atoms with Crippen molar-refractivity contribution in [3.63, 3.8) is 0 Å². The molecule has 32 heavy (non-hydrogen) atoms. The summed E-state index contributed by atoms with van der Waals surface area (Å²) in [6.45, 7) is 8.57. The van der Waals surface area contributed by atoms with E-state index in [1.54, 1.807) is 0 Å². The van der Waals surface area contributed by atoms with Gasteiger partial charge in [0.15, 0.2) is 0 Å². The number of nitrogens with one attached hydrogen (secondary N) is 1. The molecule has 1 saturated heterocycles. The van der Waals surface area contributed by atoms with Gasteiger partial charge in [0.2, 0.25) is 15.9 Å². The van der Waals surface area contributed by atoms with E-state index in [2.05, 4.69) is 31.3 Å². The van der Waals surface area contributed by atoms with Crippen LogP contribution < -0.4 is 5.32 Å². The summed E-state index contributed by atoms with van der Waals surface area (Å²) < 4.78 is 41.0. The number of carbonyl (C=O) groups is 1. The van der Waals surface area contributed by atoms with Crippen LogP contribution in [0.25, 0.3) is 0 Å². The molecule has 0 spiro atoms. The molecule has 3 rings (SSSR count). The number of aryl methyl sites for hydroxylation is 3. The monoisotopic (exact) mass is 480 g/mol. The average Bonchev–Trinajstić information content (AvgIpc) is 2.73. The standard InChI is InChI=1S/C24H30ClFN2O3S/c1-15-12-17(3)20(13-16(15)2)18(4)27-24(29)19-8-10-28(11-9-19)32(30,31)14-21-22(25)6-5-7-23(21)26/h5-7,12-13,18-19H,8-11,14H2,1-4H3,(H,27,29). The van der Waals surface area contributed by atoms with E-state index in [0.29, 0.717) is 12.8 Å². The van der Waals surface area contributed by atoms with E-state index >= 15 is 0 Å². The van der Waals surface area contributed by atoms with Crippen molar-refractivity contribution in [2.45, 2.75) is 52.3 Å². The maximum Gasteiger partial charge on any atom is 0.223 e. The predicted octanol–water partition coefficient (Wildman–Crippen LogP) is 4.82. The summed E-state index contributed by atoms with van der Waals surface area (Å²) in [6.07, 6.45) is 0.851. The highest BCUT2D eigenvalue weighted by Gasteiger charge is 2.32. The van der Waals surface area contributed by atoms with E-state index in [0.717, 1.165) is 11.1 Å². The van der Waals surface area contributed by atoms with Crippen molar-refractivity contribution in [2.24, 2.45) is 5.92 Å². The molecule has 0 aromatic heterocycles. The predicted molar refractivity (Wildman–Crippen MR) is 126 cm³/mol. The molecule has 8 heteroatoms. The number of amides is 1. The quantitative estimate of drug-likeness (QED) is 0.644. The number of hydrogen-bond donors (Lipinski definition) is 1. The molecule has 0 aliphatic carbocycles. The van der Waals surface area contributed by atoms with Gasteiger partial charge in [0.05, 0.1) is 11.8 Å². The van der Waals surface area contributed by atoms with Gasteiger partial charge in [-0.1, -0.05) is 29.8 Å².